The zero-order valence-corrected chi connectivity index (χ0v) is 17.8. The number of aryl methyl sites for hydroxylation is 3. The molecule has 0 saturated heterocycles. The van der Waals surface area contributed by atoms with E-state index in [2.05, 4.69) is 0 Å². The van der Waals surface area contributed by atoms with Crippen LogP contribution < -0.4 is 4.74 Å². The number of carbonyl (C=O) groups is 1. The van der Waals surface area contributed by atoms with Gasteiger partial charge in [-0.15, -0.1) is 0 Å². The maximum atomic E-state index is 12.8. The van der Waals surface area contributed by atoms with Crippen molar-refractivity contribution in [2.45, 2.75) is 58.4 Å². The number of hydrogen-bond acceptors (Lipinski definition) is 3. The molecule has 30 heavy (non-hydrogen) atoms. The van der Waals surface area contributed by atoms with Crippen LogP contribution in [0.25, 0.3) is 0 Å². The highest BCUT2D eigenvalue weighted by molar-refractivity contribution is 5.77. The van der Waals surface area contributed by atoms with Gasteiger partial charge in [0.15, 0.2) is 5.60 Å². The Morgan fingerprint density at radius 1 is 1.07 bits per heavy atom. The highest BCUT2D eigenvalue weighted by Gasteiger charge is 2.31. The summed E-state index contributed by atoms with van der Waals surface area (Å²) < 4.78 is 49.5. The normalized spacial score (nSPS) is 13.2. The third-order valence-electron chi connectivity index (χ3n) is 4.98. The van der Waals surface area contributed by atoms with E-state index in [1.807, 2.05) is 26.0 Å². The number of alkyl halides is 3. The van der Waals surface area contributed by atoms with E-state index in [4.69, 9.17) is 9.47 Å². The number of carboxylic acid groups (broad SMARTS) is 1. The van der Waals surface area contributed by atoms with Gasteiger partial charge in [-0.3, -0.25) is 0 Å². The average molecular weight is 424 g/mol. The van der Waals surface area contributed by atoms with Crippen LogP contribution in [0.5, 0.6) is 5.75 Å². The average Bonchev–Trinajstić information content (AvgIpc) is 2.65. The molecule has 164 valence electrons. The molecular weight excluding hydrogens is 397 g/mol. The fourth-order valence-electron chi connectivity index (χ4n) is 3.25. The Hall–Kier alpha value is -2.54. The summed E-state index contributed by atoms with van der Waals surface area (Å²) in [4.78, 5) is 11.3. The van der Waals surface area contributed by atoms with Crippen molar-refractivity contribution in [1.82, 2.24) is 0 Å². The molecule has 2 aromatic carbocycles. The Morgan fingerprint density at radius 3 is 2.03 bits per heavy atom. The van der Waals surface area contributed by atoms with Crippen LogP contribution in [0.3, 0.4) is 0 Å². The zero-order valence-electron chi connectivity index (χ0n) is 17.8. The van der Waals surface area contributed by atoms with Crippen LogP contribution in [0.1, 0.15) is 54.2 Å². The molecule has 0 aliphatic heterocycles. The van der Waals surface area contributed by atoms with Crippen molar-refractivity contribution in [2.75, 3.05) is 7.11 Å². The predicted molar refractivity (Wildman–Crippen MR) is 108 cm³/mol. The SMILES string of the molecule is COC(CCc1cc(C)c(OC(C)(C)C(=O)O)c(C)c1)c1ccc(C(F)(F)F)cc1. The lowest BCUT2D eigenvalue weighted by atomic mass is 9.97. The van der Waals surface area contributed by atoms with Crippen LogP contribution in [0.4, 0.5) is 13.2 Å². The van der Waals surface area contributed by atoms with Crippen molar-refractivity contribution in [3.8, 4) is 5.75 Å². The minimum Gasteiger partial charge on any atom is -0.478 e. The molecule has 0 spiro atoms. The minimum atomic E-state index is -4.37. The van der Waals surface area contributed by atoms with Crippen molar-refractivity contribution in [1.29, 1.82) is 0 Å². The van der Waals surface area contributed by atoms with Gasteiger partial charge in [-0.25, -0.2) is 4.79 Å². The van der Waals surface area contributed by atoms with Gasteiger partial charge in [0, 0.05) is 7.11 Å². The van der Waals surface area contributed by atoms with Gasteiger partial charge in [-0.1, -0.05) is 24.3 Å². The summed E-state index contributed by atoms with van der Waals surface area (Å²) in [6.07, 6.45) is -3.48. The monoisotopic (exact) mass is 424 g/mol. The van der Waals surface area contributed by atoms with E-state index >= 15 is 0 Å². The largest absolute Gasteiger partial charge is 0.478 e. The van der Waals surface area contributed by atoms with Gasteiger partial charge >= 0.3 is 12.1 Å². The van der Waals surface area contributed by atoms with Crippen LogP contribution in [0, 0.1) is 13.8 Å². The molecule has 2 rings (SSSR count). The van der Waals surface area contributed by atoms with Gasteiger partial charge in [-0.2, -0.15) is 13.2 Å². The van der Waals surface area contributed by atoms with Crippen molar-refractivity contribution in [2.24, 2.45) is 0 Å². The molecule has 1 unspecified atom stereocenters. The molecule has 0 aliphatic carbocycles. The first-order chi connectivity index (χ1) is 13.8. The van der Waals surface area contributed by atoms with Gasteiger partial charge in [-0.05, 0) is 74.9 Å². The van der Waals surface area contributed by atoms with E-state index < -0.39 is 23.3 Å². The first-order valence-corrected chi connectivity index (χ1v) is 9.57. The third kappa shape index (κ3) is 5.75. The van der Waals surface area contributed by atoms with E-state index in [9.17, 15) is 23.1 Å². The Balaban J connectivity index is 2.13. The van der Waals surface area contributed by atoms with Gasteiger partial charge in [0.2, 0.25) is 0 Å². The summed E-state index contributed by atoms with van der Waals surface area (Å²) in [5, 5.41) is 9.28. The summed E-state index contributed by atoms with van der Waals surface area (Å²) in [6, 6.07) is 8.87. The number of halogens is 3. The fourth-order valence-corrected chi connectivity index (χ4v) is 3.25. The smallest absolute Gasteiger partial charge is 0.416 e. The molecule has 0 bridgehead atoms. The summed E-state index contributed by atoms with van der Waals surface area (Å²) in [6.45, 7) is 6.70. The molecule has 0 radical (unpaired) electrons. The van der Waals surface area contributed by atoms with Crippen LogP contribution in [0.2, 0.25) is 0 Å². The highest BCUT2D eigenvalue weighted by atomic mass is 19.4. The Morgan fingerprint density at radius 2 is 1.60 bits per heavy atom. The first-order valence-electron chi connectivity index (χ1n) is 9.57. The maximum absolute atomic E-state index is 12.8. The van der Waals surface area contributed by atoms with E-state index in [1.165, 1.54) is 33.1 Å². The second kappa shape index (κ2) is 9.08. The quantitative estimate of drug-likeness (QED) is 0.575. The molecule has 0 saturated carbocycles. The van der Waals surface area contributed by atoms with E-state index in [-0.39, 0.29) is 6.10 Å². The van der Waals surface area contributed by atoms with Crippen LogP contribution in [-0.2, 0) is 22.1 Å². The lowest BCUT2D eigenvalue weighted by molar-refractivity contribution is -0.152. The Labute approximate surface area is 174 Å². The molecule has 0 aromatic heterocycles. The maximum Gasteiger partial charge on any atom is 0.416 e. The number of methoxy groups -OCH3 is 1. The van der Waals surface area contributed by atoms with Gasteiger partial charge < -0.3 is 14.6 Å². The van der Waals surface area contributed by atoms with Gasteiger partial charge in [0.05, 0.1) is 11.7 Å². The third-order valence-corrected chi connectivity index (χ3v) is 4.98. The van der Waals surface area contributed by atoms with E-state index in [0.717, 1.165) is 28.8 Å². The number of ether oxygens (including phenoxy) is 2. The molecule has 0 aliphatic rings. The zero-order chi connectivity index (χ0) is 22.7. The molecular formula is C23H27F3O4. The highest BCUT2D eigenvalue weighted by Crippen LogP contribution is 2.32. The standard InChI is InChI=1S/C23H27F3O4/c1-14-12-16(13-15(2)20(14)30-22(3,4)21(27)28)6-11-19(29-5)17-7-9-18(10-8-17)23(24,25)26/h7-10,12-13,19H,6,11H2,1-5H3,(H,27,28). The van der Waals surface area contributed by atoms with E-state index in [0.29, 0.717) is 24.2 Å². The Bertz CT molecular complexity index is 863. The summed E-state index contributed by atoms with van der Waals surface area (Å²) in [5.74, 6) is -0.512. The van der Waals surface area contributed by atoms with Crippen molar-refractivity contribution < 1.29 is 32.5 Å². The van der Waals surface area contributed by atoms with Crippen LogP contribution in [0.15, 0.2) is 36.4 Å². The molecule has 1 N–H and O–H groups in total. The lowest BCUT2D eigenvalue weighted by Gasteiger charge is -2.25. The van der Waals surface area contributed by atoms with Gasteiger partial charge in [0.1, 0.15) is 5.75 Å². The molecule has 0 amide bonds. The minimum absolute atomic E-state index is 0.338. The molecule has 7 heteroatoms. The first kappa shape index (κ1) is 23.7. The molecule has 2 aromatic rings. The molecule has 0 fully saturated rings. The number of aliphatic carboxylic acids is 1. The number of carboxylic acids is 1. The van der Waals surface area contributed by atoms with E-state index in [1.54, 1.807) is 0 Å². The summed E-state index contributed by atoms with van der Waals surface area (Å²) in [7, 11) is 1.53. The number of hydrogen-bond donors (Lipinski definition) is 1. The second-order valence-electron chi connectivity index (χ2n) is 7.86. The summed E-state index contributed by atoms with van der Waals surface area (Å²) >= 11 is 0. The molecule has 0 heterocycles. The van der Waals surface area contributed by atoms with Crippen LogP contribution in [-0.4, -0.2) is 23.8 Å². The fraction of sp³-hybridized carbons (Fsp3) is 0.435. The molecule has 4 nitrogen and oxygen atoms in total. The van der Waals surface area contributed by atoms with Gasteiger partial charge in [0.25, 0.3) is 0 Å². The Kier molecular flexibility index (Phi) is 7.18. The summed E-state index contributed by atoms with van der Waals surface area (Å²) in [5.41, 5.74) is 1.31. The lowest BCUT2D eigenvalue weighted by Crippen LogP contribution is -2.38. The van der Waals surface area contributed by atoms with Crippen molar-refractivity contribution in [3.05, 3.63) is 64.2 Å². The number of rotatable bonds is 8. The van der Waals surface area contributed by atoms with Crippen molar-refractivity contribution in [3.63, 3.8) is 0 Å². The predicted octanol–water partition coefficient (Wildman–Crippen LogP) is 5.88. The van der Waals surface area contributed by atoms with Crippen molar-refractivity contribution >= 4 is 5.97 Å². The molecule has 1 atom stereocenters. The second-order valence-corrected chi connectivity index (χ2v) is 7.86. The number of benzene rings is 2. The topological polar surface area (TPSA) is 55.8 Å². The van der Waals surface area contributed by atoms with Crippen LogP contribution >= 0.6 is 0 Å².